The fourth-order valence-corrected chi connectivity index (χ4v) is 3.53. The van der Waals surface area contributed by atoms with Crippen LogP contribution >= 0.6 is 0 Å². The molecular formula is C22H27N3O2. The Morgan fingerprint density at radius 2 is 1.78 bits per heavy atom. The topological polar surface area (TPSA) is 61.4 Å². The summed E-state index contributed by atoms with van der Waals surface area (Å²) in [5.74, 6) is 0.461. The van der Waals surface area contributed by atoms with Gasteiger partial charge in [0.1, 0.15) is 0 Å². The molecule has 2 aromatic rings. The average molecular weight is 365 g/mol. The Hall–Kier alpha value is -2.66. The monoisotopic (exact) mass is 365 g/mol. The molecule has 2 amide bonds. The van der Waals surface area contributed by atoms with E-state index in [4.69, 9.17) is 0 Å². The molecule has 0 bridgehead atoms. The first kappa shape index (κ1) is 19.1. The molecule has 3 rings (SSSR count). The number of likely N-dealkylation sites (tertiary alicyclic amines) is 1. The minimum Gasteiger partial charge on any atom is -0.326 e. The summed E-state index contributed by atoms with van der Waals surface area (Å²) < 4.78 is 0. The summed E-state index contributed by atoms with van der Waals surface area (Å²) in [6, 6.07) is 14.9. The molecule has 0 radical (unpaired) electrons. The van der Waals surface area contributed by atoms with Crippen molar-refractivity contribution in [3.05, 3.63) is 59.7 Å². The van der Waals surface area contributed by atoms with Crippen molar-refractivity contribution in [2.45, 2.75) is 33.2 Å². The highest BCUT2D eigenvalue weighted by Gasteiger charge is 2.16. The zero-order valence-electron chi connectivity index (χ0n) is 16.0. The van der Waals surface area contributed by atoms with Crippen molar-refractivity contribution in [1.29, 1.82) is 0 Å². The summed E-state index contributed by atoms with van der Waals surface area (Å²) >= 11 is 0. The Morgan fingerprint density at radius 3 is 2.44 bits per heavy atom. The van der Waals surface area contributed by atoms with Gasteiger partial charge < -0.3 is 10.6 Å². The molecule has 142 valence electrons. The Balaban J connectivity index is 1.59. The number of hydrogen-bond acceptors (Lipinski definition) is 3. The molecule has 27 heavy (non-hydrogen) atoms. The molecule has 2 N–H and O–H groups in total. The number of anilines is 2. The minimum atomic E-state index is -0.159. The van der Waals surface area contributed by atoms with Crippen molar-refractivity contribution < 1.29 is 9.59 Å². The average Bonchev–Trinajstić information content (AvgIpc) is 2.62. The van der Waals surface area contributed by atoms with E-state index in [1.54, 1.807) is 24.3 Å². The number of carbonyl (C=O) groups is 2. The molecule has 0 aromatic heterocycles. The van der Waals surface area contributed by atoms with Crippen molar-refractivity contribution in [2.24, 2.45) is 5.92 Å². The highest BCUT2D eigenvalue weighted by Crippen LogP contribution is 2.19. The Kier molecular flexibility index (Phi) is 6.24. The lowest BCUT2D eigenvalue weighted by molar-refractivity contribution is -0.114. The van der Waals surface area contributed by atoms with Crippen LogP contribution in [0, 0.1) is 5.92 Å². The standard InChI is InChI=1S/C22H27N3O2/c1-16-5-4-12-25(14-16)15-18-8-10-19(11-9-18)22(27)24-21-7-3-6-20(13-21)23-17(2)26/h3,6-11,13,16H,4-5,12,14-15H2,1-2H3,(H,23,26)(H,24,27). The summed E-state index contributed by atoms with van der Waals surface area (Å²) in [5.41, 5.74) is 3.16. The third-order valence-electron chi connectivity index (χ3n) is 4.80. The first-order valence-electron chi connectivity index (χ1n) is 9.50. The fraction of sp³-hybridized carbons (Fsp3) is 0.364. The van der Waals surface area contributed by atoms with Crippen LogP contribution in [0.4, 0.5) is 11.4 Å². The molecule has 0 aliphatic carbocycles. The highest BCUT2D eigenvalue weighted by molar-refractivity contribution is 6.04. The van der Waals surface area contributed by atoms with E-state index < -0.39 is 0 Å². The third kappa shape index (κ3) is 5.66. The van der Waals surface area contributed by atoms with Crippen molar-refractivity contribution in [3.63, 3.8) is 0 Å². The molecule has 1 unspecified atom stereocenters. The zero-order chi connectivity index (χ0) is 19.2. The Bertz CT molecular complexity index is 801. The maximum atomic E-state index is 12.5. The second-order valence-electron chi connectivity index (χ2n) is 7.40. The van der Waals surface area contributed by atoms with E-state index in [1.807, 2.05) is 24.3 Å². The number of rotatable bonds is 5. The van der Waals surface area contributed by atoms with Gasteiger partial charge in [0.25, 0.3) is 5.91 Å². The number of benzene rings is 2. The van der Waals surface area contributed by atoms with E-state index >= 15 is 0 Å². The predicted octanol–water partition coefficient (Wildman–Crippen LogP) is 4.13. The molecule has 1 atom stereocenters. The van der Waals surface area contributed by atoms with Crippen LogP contribution in [0.25, 0.3) is 0 Å². The van der Waals surface area contributed by atoms with Crippen LogP contribution in [-0.2, 0) is 11.3 Å². The van der Waals surface area contributed by atoms with E-state index in [-0.39, 0.29) is 11.8 Å². The fourth-order valence-electron chi connectivity index (χ4n) is 3.53. The van der Waals surface area contributed by atoms with E-state index in [0.717, 1.165) is 25.6 Å². The van der Waals surface area contributed by atoms with Crippen molar-refractivity contribution >= 4 is 23.2 Å². The van der Waals surface area contributed by atoms with Crippen molar-refractivity contribution in [1.82, 2.24) is 4.90 Å². The molecule has 5 heteroatoms. The predicted molar refractivity (Wildman–Crippen MR) is 109 cm³/mol. The summed E-state index contributed by atoms with van der Waals surface area (Å²) in [5, 5.41) is 5.59. The molecular weight excluding hydrogens is 338 g/mol. The molecule has 1 aliphatic rings. The number of nitrogens with zero attached hydrogens (tertiary/aromatic N) is 1. The summed E-state index contributed by atoms with van der Waals surface area (Å²) in [6.07, 6.45) is 2.58. The van der Waals surface area contributed by atoms with E-state index in [0.29, 0.717) is 16.9 Å². The SMILES string of the molecule is CC(=O)Nc1cccc(NC(=O)c2ccc(CN3CCCC(C)C3)cc2)c1. The van der Waals surface area contributed by atoms with E-state index in [9.17, 15) is 9.59 Å². The molecule has 1 fully saturated rings. The van der Waals surface area contributed by atoms with Gasteiger partial charge in [0.15, 0.2) is 0 Å². The zero-order valence-corrected chi connectivity index (χ0v) is 16.0. The lowest BCUT2D eigenvalue weighted by Crippen LogP contribution is -2.33. The normalized spacial score (nSPS) is 17.3. The van der Waals surface area contributed by atoms with Gasteiger partial charge in [-0.15, -0.1) is 0 Å². The molecule has 0 saturated carbocycles. The van der Waals surface area contributed by atoms with Crippen molar-refractivity contribution in [2.75, 3.05) is 23.7 Å². The van der Waals surface area contributed by atoms with Crippen LogP contribution < -0.4 is 10.6 Å². The lowest BCUT2D eigenvalue weighted by Gasteiger charge is -2.30. The van der Waals surface area contributed by atoms with Gasteiger partial charge in [0.05, 0.1) is 0 Å². The van der Waals surface area contributed by atoms with Crippen LogP contribution in [0.3, 0.4) is 0 Å². The van der Waals surface area contributed by atoms with Crippen LogP contribution in [0.1, 0.15) is 42.6 Å². The quantitative estimate of drug-likeness (QED) is 0.837. The van der Waals surface area contributed by atoms with Crippen LogP contribution in [-0.4, -0.2) is 29.8 Å². The number of nitrogens with one attached hydrogen (secondary N) is 2. The largest absolute Gasteiger partial charge is 0.326 e. The van der Waals surface area contributed by atoms with Gasteiger partial charge in [-0.3, -0.25) is 14.5 Å². The first-order valence-corrected chi connectivity index (χ1v) is 9.50. The summed E-state index contributed by atoms with van der Waals surface area (Å²) in [4.78, 5) is 26.1. The Labute approximate surface area is 160 Å². The lowest BCUT2D eigenvalue weighted by atomic mass is 9.99. The van der Waals surface area contributed by atoms with Crippen LogP contribution in [0.5, 0.6) is 0 Å². The number of hydrogen-bond donors (Lipinski definition) is 2. The number of amides is 2. The van der Waals surface area contributed by atoms with Gasteiger partial charge >= 0.3 is 0 Å². The second-order valence-corrected chi connectivity index (χ2v) is 7.40. The Morgan fingerprint density at radius 1 is 1.07 bits per heavy atom. The molecule has 1 heterocycles. The van der Waals surface area contributed by atoms with Gasteiger partial charge in [-0.1, -0.05) is 25.1 Å². The second kappa shape index (κ2) is 8.82. The minimum absolute atomic E-state index is 0.142. The summed E-state index contributed by atoms with van der Waals surface area (Å²) in [6.45, 7) is 6.99. The maximum Gasteiger partial charge on any atom is 0.255 e. The number of piperidine rings is 1. The van der Waals surface area contributed by atoms with Crippen LogP contribution in [0.15, 0.2) is 48.5 Å². The smallest absolute Gasteiger partial charge is 0.255 e. The van der Waals surface area contributed by atoms with Gasteiger partial charge in [-0.05, 0) is 61.2 Å². The molecule has 1 aliphatic heterocycles. The maximum absolute atomic E-state index is 12.5. The van der Waals surface area contributed by atoms with Gasteiger partial charge in [-0.2, -0.15) is 0 Å². The van der Waals surface area contributed by atoms with E-state index in [2.05, 4.69) is 22.5 Å². The van der Waals surface area contributed by atoms with Gasteiger partial charge in [0, 0.05) is 37.0 Å². The van der Waals surface area contributed by atoms with Gasteiger partial charge in [0.2, 0.25) is 5.91 Å². The molecule has 5 nitrogen and oxygen atoms in total. The molecule has 0 spiro atoms. The molecule has 2 aromatic carbocycles. The van der Waals surface area contributed by atoms with Crippen molar-refractivity contribution in [3.8, 4) is 0 Å². The third-order valence-corrected chi connectivity index (χ3v) is 4.80. The van der Waals surface area contributed by atoms with E-state index in [1.165, 1.54) is 25.3 Å². The number of carbonyl (C=O) groups excluding carboxylic acids is 2. The summed E-state index contributed by atoms with van der Waals surface area (Å²) in [7, 11) is 0. The van der Waals surface area contributed by atoms with Gasteiger partial charge in [-0.25, -0.2) is 0 Å². The van der Waals surface area contributed by atoms with Crippen LogP contribution in [0.2, 0.25) is 0 Å². The first-order chi connectivity index (χ1) is 13.0. The molecule has 1 saturated heterocycles. The highest BCUT2D eigenvalue weighted by atomic mass is 16.2.